The van der Waals surface area contributed by atoms with Crippen molar-refractivity contribution in [3.8, 4) is 5.75 Å². The maximum absolute atomic E-state index is 14.6. The Hall–Kier alpha value is -1.38. The van der Waals surface area contributed by atoms with Crippen LogP contribution in [0.5, 0.6) is 5.75 Å². The van der Waals surface area contributed by atoms with Gasteiger partial charge in [0.05, 0.1) is 6.61 Å². The summed E-state index contributed by atoms with van der Waals surface area (Å²) in [5.41, 5.74) is 0.556. The summed E-state index contributed by atoms with van der Waals surface area (Å²) in [7, 11) is 0. The maximum atomic E-state index is 14.6. The van der Waals surface area contributed by atoms with Gasteiger partial charge in [-0.05, 0) is 118 Å². The van der Waals surface area contributed by atoms with E-state index in [1.54, 1.807) is 19.1 Å². The van der Waals surface area contributed by atoms with E-state index < -0.39 is 11.6 Å². The number of ether oxygens (including phenoxy) is 1. The Labute approximate surface area is 200 Å². The normalized spacial score (nSPS) is 32.9. The van der Waals surface area contributed by atoms with Gasteiger partial charge in [0.1, 0.15) is 0 Å². The van der Waals surface area contributed by atoms with Gasteiger partial charge in [-0.1, -0.05) is 37.8 Å². The number of halogens is 2. The fourth-order valence-corrected chi connectivity index (χ4v) is 7.16. The van der Waals surface area contributed by atoms with Gasteiger partial charge in [-0.15, -0.1) is 6.58 Å². The van der Waals surface area contributed by atoms with E-state index in [1.807, 2.05) is 0 Å². The fourth-order valence-electron chi connectivity index (χ4n) is 7.16. The van der Waals surface area contributed by atoms with Crippen LogP contribution in [0.1, 0.15) is 108 Å². The van der Waals surface area contributed by atoms with Crippen LogP contribution in [-0.4, -0.2) is 6.61 Å². The zero-order chi connectivity index (χ0) is 23.2. The summed E-state index contributed by atoms with van der Waals surface area (Å²) in [5.74, 6) is 2.99. The lowest BCUT2D eigenvalue weighted by Crippen LogP contribution is -2.26. The van der Waals surface area contributed by atoms with E-state index in [-0.39, 0.29) is 11.7 Å². The monoisotopic (exact) mass is 458 g/mol. The molecule has 33 heavy (non-hydrogen) atoms. The van der Waals surface area contributed by atoms with Crippen LogP contribution >= 0.6 is 0 Å². The van der Waals surface area contributed by atoms with E-state index in [0.29, 0.717) is 12.2 Å². The van der Waals surface area contributed by atoms with Crippen molar-refractivity contribution in [3.63, 3.8) is 0 Å². The van der Waals surface area contributed by atoms with Crippen LogP contribution in [0.4, 0.5) is 8.78 Å². The first-order valence-corrected chi connectivity index (χ1v) is 13.8. The second kappa shape index (κ2) is 11.8. The van der Waals surface area contributed by atoms with Crippen molar-refractivity contribution in [2.75, 3.05) is 6.61 Å². The van der Waals surface area contributed by atoms with Crippen LogP contribution in [0.15, 0.2) is 24.8 Å². The van der Waals surface area contributed by atoms with Crippen LogP contribution in [0.3, 0.4) is 0 Å². The van der Waals surface area contributed by atoms with Gasteiger partial charge in [0, 0.05) is 0 Å². The third kappa shape index (κ3) is 6.20. The van der Waals surface area contributed by atoms with Crippen LogP contribution in [0, 0.1) is 41.2 Å². The molecular weight excluding hydrogens is 414 g/mol. The predicted octanol–water partition coefficient (Wildman–Crippen LogP) is 9.22. The minimum Gasteiger partial charge on any atom is -0.491 e. The summed E-state index contributed by atoms with van der Waals surface area (Å²) in [5, 5.41) is 0. The van der Waals surface area contributed by atoms with Crippen molar-refractivity contribution in [1.82, 2.24) is 0 Å². The van der Waals surface area contributed by atoms with E-state index in [9.17, 15) is 8.78 Å². The Kier molecular flexibility index (Phi) is 8.88. The smallest absolute Gasteiger partial charge is 0.200 e. The molecule has 3 saturated carbocycles. The van der Waals surface area contributed by atoms with E-state index in [2.05, 4.69) is 12.7 Å². The molecule has 0 N–H and O–H groups in total. The first-order valence-electron chi connectivity index (χ1n) is 13.8. The van der Waals surface area contributed by atoms with Crippen molar-refractivity contribution in [3.05, 3.63) is 42.0 Å². The Morgan fingerprint density at radius 2 is 1.33 bits per heavy atom. The molecule has 1 aromatic carbocycles. The molecule has 184 valence electrons. The molecule has 0 aliphatic heterocycles. The molecule has 0 atom stereocenters. The molecule has 0 spiro atoms. The zero-order valence-corrected chi connectivity index (χ0v) is 20.7. The summed E-state index contributed by atoms with van der Waals surface area (Å²) in [6.45, 7) is 6.11. The lowest BCUT2D eigenvalue weighted by atomic mass is 9.67. The molecular formula is C30H44F2O. The van der Waals surface area contributed by atoms with Crippen molar-refractivity contribution < 1.29 is 13.5 Å². The Morgan fingerprint density at radius 1 is 0.788 bits per heavy atom. The summed E-state index contributed by atoms with van der Waals surface area (Å²) in [6.07, 6.45) is 20.5. The van der Waals surface area contributed by atoms with Gasteiger partial charge in [0.15, 0.2) is 11.6 Å². The average Bonchev–Trinajstić information content (AvgIpc) is 2.87. The summed E-state index contributed by atoms with van der Waals surface area (Å²) >= 11 is 0. The second-order valence-electron chi connectivity index (χ2n) is 11.2. The highest BCUT2D eigenvalue weighted by atomic mass is 19.2. The predicted molar refractivity (Wildman–Crippen MR) is 133 cm³/mol. The molecule has 4 rings (SSSR count). The third-order valence-electron chi connectivity index (χ3n) is 9.35. The molecule has 0 heterocycles. The highest BCUT2D eigenvalue weighted by Crippen LogP contribution is 2.46. The number of allylic oxidation sites excluding steroid dienone is 1. The highest BCUT2D eigenvalue weighted by Gasteiger charge is 2.33. The molecule has 3 aliphatic rings. The fraction of sp³-hybridized carbons (Fsp3) is 0.733. The van der Waals surface area contributed by atoms with E-state index in [0.717, 1.165) is 42.4 Å². The molecule has 0 radical (unpaired) electrons. The van der Waals surface area contributed by atoms with Gasteiger partial charge >= 0.3 is 0 Å². The Balaban J connectivity index is 1.18. The minimum absolute atomic E-state index is 0.0358. The van der Waals surface area contributed by atoms with Gasteiger partial charge in [0.2, 0.25) is 5.82 Å². The molecule has 1 nitrogen and oxygen atoms in total. The first kappa shape index (κ1) is 24.7. The van der Waals surface area contributed by atoms with E-state index in [4.69, 9.17) is 4.74 Å². The highest BCUT2D eigenvalue weighted by molar-refractivity contribution is 5.33. The van der Waals surface area contributed by atoms with Gasteiger partial charge in [-0.25, -0.2) is 4.39 Å². The molecule has 3 aliphatic carbocycles. The summed E-state index contributed by atoms with van der Waals surface area (Å²) < 4.78 is 34.2. The van der Waals surface area contributed by atoms with Gasteiger partial charge in [-0.3, -0.25) is 0 Å². The lowest BCUT2D eigenvalue weighted by Gasteiger charge is -2.38. The number of benzene rings is 1. The lowest BCUT2D eigenvalue weighted by molar-refractivity contribution is 0.150. The standard InChI is InChI=1S/C30H44F2O/c1-3-21-5-7-22(8-6-21)9-10-23-11-13-24(14-12-23)25-15-17-26(18-16-25)27-19-20-28(33-4-2)30(32)29(27)31/h3,19-26H,1,4-18H2,2H3. The first-order chi connectivity index (χ1) is 16.1. The van der Waals surface area contributed by atoms with Crippen LogP contribution in [0.25, 0.3) is 0 Å². The number of hydrogen-bond donors (Lipinski definition) is 0. The summed E-state index contributed by atoms with van der Waals surface area (Å²) in [6, 6.07) is 3.36. The van der Waals surface area contributed by atoms with E-state index in [1.165, 1.54) is 77.0 Å². The molecule has 0 saturated heterocycles. The molecule has 3 fully saturated rings. The average molecular weight is 459 g/mol. The molecule has 1 aromatic rings. The van der Waals surface area contributed by atoms with Crippen LogP contribution < -0.4 is 4.74 Å². The molecule has 0 aromatic heterocycles. The third-order valence-corrected chi connectivity index (χ3v) is 9.35. The Bertz CT molecular complexity index is 751. The molecule has 0 bridgehead atoms. The minimum atomic E-state index is -0.816. The molecule has 3 heteroatoms. The second-order valence-corrected chi connectivity index (χ2v) is 11.2. The number of hydrogen-bond acceptors (Lipinski definition) is 1. The Morgan fingerprint density at radius 3 is 1.88 bits per heavy atom. The van der Waals surface area contributed by atoms with Crippen LogP contribution in [0.2, 0.25) is 0 Å². The van der Waals surface area contributed by atoms with Crippen molar-refractivity contribution in [2.45, 2.75) is 103 Å². The zero-order valence-electron chi connectivity index (χ0n) is 20.7. The largest absolute Gasteiger partial charge is 0.491 e. The maximum Gasteiger partial charge on any atom is 0.200 e. The quantitative estimate of drug-likeness (QED) is 0.353. The van der Waals surface area contributed by atoms with E-state index >= 15 is 0 Å². The van der Waals surface area contributed by atoms with Crippen molar-refractivity contribution in [1.29, 1.82) is 0 Å². The van der Waals surface area contributed by atoms with Gasteiger partial charge in [0.25, 0.3) is 0 Å². The van der Waals surface area contributed by atoms with Crippen LogP contribution in [-0.2, 0) is 0 Å². The SMILES string of the molecule is C=CC1CCC(CCC2CCC(C3CCC(c4ccc(OCC)c(F)c4F)CC3)CC2)CC1. The summed E-state index contributed by atoms with van der Waals surface area (Å²) in [4.78, 5) is 0. The number of rotatable bonds is 8. The molecule has 0 amide bonds. The van der Waals surface area contributed by atoms with Crippen molar-refractivity contribution in [2.24, 2.45) is 29.6 Å². The topological polar surface area (TPSA) is 9.23 Å². The van der Waals surface area contributed by atoms with Crippen molar-refractivity contribution >= 4 is 0 Å². The molecule has 0 unspecified atom stereocenters. The van der Waals surface area contributed by atoms with Gasteiger partial charge < -0.3 is 4.74 Å². The van der Waals surface area contributed by atoms with Gasteiger partial charge in [-0.2, -0.15) is 4.39 Å².